The van der Waals surface area contributed by atoms with Crippen LogP contribution in [-0.4, -0.2) is 0 Å². The number of thiophene rings is 1. The molecule has 0 saturated heterocycles. The molecule has 0 amide bonds. The van der Waals surface area contributed by atoms with E-state index in [0.29, 0.717) is 0 Å². The highest BCUT2D eigenvalue weighted by atomic mass is 32.1. The zero-order valence-electron chi connectivity index (χ0n) is 17.1. The third kappa shape index (κ3) is 3.26. The Morgan fingerprint density at radius 1 is 0.586 bits per heavy atom. The zero-order valence-corrected chi connectivity index (χ0v) is 17.9. The summed E-state index contributed by atoms with van der Waals surface area (Å²) in [6.45, 7) is 6.84. The summed E-state index contributed by atoms with van der Waals surface area (Å²) >= 11 is 1.91. The lowest BCUT2D eigenvalue weighted by Crippen LogP contribution is -2.10. The Labute approximate surface area is 176 Å². The fourth-order valence-corrected chi connectivity index (χ4v) is 5.24. The monoisotopic (exact) mass is 392 g/mol. The fourth-order valence-electron chi connectivity index (χ4n) is 3.96. The second-order valence-electron chi connectivity index (χ2n) is 8.69. The van der Waals surface area contributed by atoms with Crippen LogP contribution in [0.1, 0.15) is 26.3 Å². The average molecular weight is 393 g/mol. The molecule has 0 aliphatic heterocycles. The van der Waals surface area contributed by atoms with Gasteiger partial charge < -0.3 is 0 Å². The lowest BCUT2D eigenvalue weighted by atomic mass is 9.87. The minimum Gasteiger partial charge on any atom is -0.135 e. The maximum atomic E-state index is 2.38. The van der Waals surface area contributed by atoms with E-state index in [0.717, 1.165) is 0 Å². The summed E-state index contributed by atoms with van der Waals surface area (Å²) in [6.07, 6.45) is 0. The Morgan fingerprint density at radius 3 is 2.00 bits per heavy atom. The molecule has 5 aromatic rings. The number of hydrogen-bond donors (Lipinski definition) is 0. The van der Waals surface area contributed by atoms with Crippen molar-refractivity contribution in [2.75, 3.05) is 0 Å². The van der Waals surface area contributed by atoms with Crippen LogP contribution >= 0.6 is 11.3 Å². The quantitative estimate of drug-likeness (QED) is 0.282. The summed E-state index contributed by atoms with van der Waals surface area (Å²) < 4.78 is 2.75. The Morgan fingerprint density at radius 2 is 1.28 bits per heavy atom. The molecule has 4 aromatic carbocycles. The second kappa shape index (κ2) is 6.86. The van der Waals surface area contributed by atoms with Crippen LogP contribution in [0.25, 0.3) is 42.4 Å². The molecule has 0 nitrogen and oxygen atoms in total. The molecule has 1 heteroatoms. The van der Waals surface area contributed by atoms with Crippen molar-refractivity contribution in [3.05, 3.63) is 96.6 Å². The zero-order chi connectivity index (χ0) is 20.0. The number of benzene rings is 4. The molecule has 0 saturated carbocycles. The Balaban J connectivity index is 1.63. The summed E-state index contributed by atoms with van der Waals surface area (Å²) in [4.78, 5) is 0. The van der Waals surface area contributed by atoms with E-state index < -0.39 is 0 Å². The Kier molecular flexibility index (Phi) is 4.29. The highest BCUT2D eigenvalue weighted by Crippen LogP contribution is 2.41. The number of fused-ring (bicyclic) bond motifs is 3. The smallest absolute Gasteiger partial charge is 0.0433 e. The molecule has 0 aliphatic carbocycles. The van der Waals surface area contributed by atoms with E-state index in [9.17, 15) is 0 Å². The van der Waals surface area contributed by atoms with Crippen LogP contribution < -0.4 is 0 Å². The van der Waals surface area contributed by atoms with Crippen molar-refractivity contribution in [2.24, 2.45) is 0 Å². The van der Waals surface area contributed by atoms with E-state index >= 15 is 0 Å². The van der Waals surface area contributed by atoms with Crippen LogP contribution in [0, 0.1) is 0 Å². The minimum atomic E-state index is 0.167. The largest absolute Gasteiger partial charge is 0.135 e. The number of hydrogen-bond acceptors (Lipinski definition) is 1. The minimum absolute atomic E-state index is 0.167. The molecule has 0 atom stereocenters. The van der Waals surface area contributed by atoms with Crippen molar-refractivity contribution in [1.82, 2.24) is 0 Å². The van der Waals surface area contributed by atoms with Gasteiger partial charge in [0.15, 0.2) is 0 Å². The lowest BCUT2D eigenvalue weighted by Gasteiger charge is -2.18. The van der Waals surface area contributed by atoms with Gasteiger partial charge in [-0.3, -0.25) is 0 Å². The topological polar surface area (TPSA) is 0 Å². The van der Waals surface area contributed by atoms with Gasteiger partial charge in [-0.25, -0.2) is 0 Å². The van der Waals surface area contributed by atoms with Crippen LogP contribution in [0.2, 0.25) is 0 Å². The normalized spacial score (nSPS) is 12.0. The van der Waals surface area contributed by atoms with Gasteiger partial charge in [-0.2, -0.15) is 0 Å². The average Bonchev–Trinajstić information content (AvgIpc) is 3.12. The van der Waals surface area contributed by atoms with Gasteiger partial charge in [0.1, 0.15) is 0 Å². The highest BCUT2D eigenvalue weighted by Gasteiger charge is 2.16. The molecule has 5 rings (SSSR count). The van der Waals surface area contributed by atoms with E-state index in [-0.39, 0.29) is 5.41 Å². The van der Waals surface area contributed by atoms with E-state index in [2.05, 4.69) is 112 Å². The summed E-state index contributed by atoms with van der Waals surface area (Å²) in [5, 5.41) is 2.72. The van der Waals surface area contributed by atoms with Crippen LogP contribution in [0.15, 0.2) is 91.0 Å². The van der Waals surface area contributed by atoms with Crippen molar-refractivity contribution >= 4 is 31.5 Å². The molecule has 29 heavy (non-hydrogen) atoms. The third-order valence-corrected chi connectivity index (χ3v) is 6.87. The van der Waals surface area contributed by atoms with Crippen molar-refractivity contribution in [1.29, 1.82) is 0 Å². The molecule has 0 spiro atoms. The molecule has 142 valence electrons. The molecule has 1 aromatic heterocycles. The predicted molar refractivity (Wildman–Crippen MR) is 129 cm³/mol. The molecule has 0 unspecified atom stereocenters. The summed E-state index contributed by atoms with van der Waals surface area (Å²) in [7, 11) is 0. The first-order valence-electron chi connectivity index (χ1n) is 10.1. The van der Waals surface area contributed by atoms with Gasteiger partial charge in [0, 0.05) is 20.2 Å². The van der Waals surface area contributed by atoms with E-state index in [1.165, 1.54) is 48.0 Å². The van der Waals surface area contributed by atoms with Crippen molar-refractivity contribution in [2.45, 2.75) is 26.2 Å². The first-order chi connectivity index (χ1) is 14.0. The van der Waals surface area contributed by atoms with Crippen LogP contribution in [0.3, 0.4) is 0 Å². The fraction of sp³-hybridized carbons (Fsp3) is 0.143. The van der Waals surface area contributed by atoms with Crippen molar-refractivity contribution < 1.29 is 0 Å². The molecule has 0 fully saturated rings. The van der Waals surface area contributed by atoms with Crippen LogP contribution in [0.5, 0.6) is 0 Å². The standard InChI is InChI=1S/C28H24S/c1-28(2,3)22-16-17-24-25-11-7-10-23(27(25)29-26(24)18-22)21-14-12-20(13-15-21)19-8-5-4-6-9-19/h4-18H,1-3H3. The maximum Gasteiger partial charge on any atom is 0.0433 e. The molecule has 0 aliphatic rings. The van der Waals surface area contributed by atoms with Crippen LogP contribution in [0.4, 0.5) is 0 Å². The maximum absolute atomic E-state index is 2.38. The molecule has 0 bridgehead atoms. The van der Waals surface area contributed by atoms with Gasteiger partial charge in [-0.15, -0.1) is 11.3 Å². The predicted octanol–water partition coefficient (Wildman–Crippen LogP) is 8.69. The number of rotatable bonds is 2. The van der Waals surface area contributed by atoms with Crippen molar-refractivity contribution in [3.8, 4) is 22.3 Å². The van der Waals surface area contributed by atoms with Gasteiger partial charge >= 0.3 is 0 Å². The van der Waals surface area contributed by atoms with Gasteiger partial charge in [0.05, 0.1) is 0 Å². The summed E-state index contributed by atoms with van der Waals surface area (Å²) in [5.41, 5.74) is 6.67. The van der Waals surface area contributed by atoms with Gasteiger partial charge in [-0.1, -0.05) is 106 Å². The summed E-state index contributed by atoms with van der Waals surface area (Å²) in [5.74, 6) is 0. The molecular weight excluding hydrogens is 368 g/mol. The molecule has 0 N–H and O–H groups in total. The van der Waals surface area contributed by atoms with Crippen LogP contribution in [-0.2, 0) is 5.41 Å². The highest BCUT2D eigenvalue weighted by molar-refractivity contribution is 7.26. The lowest BCUT2D eigenvalue weighted by molar-refractivity contribution is 0.591. The third-order valence-electron chi connectivity index (χ3n) is 5.67. The van der Waals surface area contributed by atoms with Crippen molar-refractivity contribution in [3.63, 3.8) is 0 Å². The SMILES string of the molecule is CC(C)(C)c1ccc2c(c1)sc1c(-c3ccc(-c4ccccc4)cc3)cccc12. The summed E-state index contributed by atoms with van der Waals surface area (Å²) in [6, 6.07) is 33.2. The Bertz CT molecular complexity index is 1300. The van der Waals surface area contributed by atoms with E-state index in [1.54, 1.807) is 0 Å². The van der Waals surface area contributed by atoms with Gasteiger partial charge in [-0.05, 0) is 39.3 Å². The van der Waals surface area contributed by atoms with Gasteiger partial charge in [0.2, 0.25) is 0 Å². The first kappa shape index (κ1) is 18.1. The van der Waals surface area contributed by atoms with Gasteiger partial charge in [0.25, 0.3) is 0 Å². The second-order valence-corrected chi connectivity index (χ2v) is 9.74. The Hall–Kier alpha value is -2.90. The molecular formula is C28H24S. The first-order valence-corrected chi connectivity index (χ1v) is 10.9. The molecule has 0 radical (unpaired) electrons. The van der Waals surface area contributed by atoms with E-state index in [1.807, 2.05) is 11.3 Å². The van der Waals surface area contributed by atoms with E-state index in [4.69, 9.17) is 0 Å². The molecule has 1 heterocycles.